The third-order valence-electron chi connectivity index (χ3n) is 6.91. The summed E-state index contributed by atoms with van der Waals surface area (Å²) in [4.78, 5) is 71.6. The van der Waals surface area contributed by atoms with Crippen molar-refractivity contribution in [2.45, 2.75) is 134 Å². The molecule has 47 heavy (non-hydrogen) atoms. The van der Waals surface area contributed by atoms with Gasteiger partial charge in [0.05, 0.1) is 6.61 Å². The van der Waals surface area contributed by atoms with E-state index in [2.05, 4.69) is 9.05 Å². The Bertz CT molecular complexity index is 1080. The number of carbonyl (C=O) groups excluding carboxylic acids is 2. The molecule has 0 spiro atoms. The van der Waals surface area contributed by atoms with Crippen molar-refractivity contribution in [3.8, 4) is 0 Å². The monoisotopic (exact) mass is 746 g/mol. The molecule has 8 atom stereocenters. The molecule has 1 saturated carbocycles. The van der Waals surface area contributed by atoms with E-state index < -0.39 is 91.3 Å². The lowest BCUT2D eigenvalue weighted by molar-refractivity contribution is -0.213. The highest BCUT2D eigenvalue weighted by Gasteiger charge is 2.56. The summed E-state index contributed by atoms with van der Waals surface area (Å²) >= 11 is 0. The molecule has 278 valence electrons. The first-order valence-electron chi connectivity index (χ1n) is 15.3. The summed E-state index contributed by atoms with van der Waals surface area (Å²) in [6, 6.07) is 0. The molecule has 1 aliphatic carbocycles. The average Bonchev–Trinajstić information content (AvgIpc) is 2.96. The first-order chi connectivity index (χ1) is 21.8. The Balaban J connectivity index is 2.98. The first-order valence-corrected chi connectivity index (χ1v) is 19.9. The maximum absolute atomic E-state index is 12.8. The van der Waals surface area contributed by atoms with Crippen LogP contribution in [0.5, 0.6) is 0 Å². The van der Waals surface area contributed by atoms with Crippen molar-refractivity contribution in [1.82, 2.24) is 0 Å². The quantitative estimate of drug-likeness (QED) is 0.0396. The van der Waals surface area contributed by atoms with Gasteiger partial charge in [0.1, 0.15) is 43.2 Å². The van der Waals surface area contributed by atoms with Crippen LogP contribution in [-0.4, -0.2) is 108 Å². The largest absolute Gasteiger partial charge is 0.472 e. The lowest BCUT2D eigenvalue weighted by Gasteiger charge is -2.44. The molecule has 0 heterocycles. The zero-order valence-electron chi connectivity index (χ0n) is 26.4. The standard InChI is InChI=1S/C25H49O19P3/c1-3-5-7-9-11-13-18(26)39-15-17(41-19(27)14-12-10-8-6-4-2)16-40-47(37,38)44-23-20(28)21(29)24(42-45(31,32)33)25(22(23)30)43-46(34,35)36/h17,20-25,28-30H,3-16H2,1-2H3,(H,37,38)(H2,31,32,33)(H2,34,35,36)/t17-,20?,21?,22?,23+,24?,25+/m1/s1. The van der Waals surface area contributed by atoms with Crippen LogP contribution in [-0.2, 0) is 50.9 Å². The fourth-order valence-electron chi connectivity index (χ4n) is 4.58. The Kier molecular flexibility index (Phi) is 20.1. The van der Waals surface area contributed by atoms with Gasteiger partial charge in [-0.25, -0.2) is 13.7 Å². The SMILES string of the molecule is CCCCCCCC(=O)OC[C@H](COP(=O)(O)O[C@H]1C(O)C(O)C(OP(=O)(O)O)[C@@H](OP(=O)(O)O)C1O)OC(=O)CCCCCCC. The van der Waals surface area contributed by atoms with Crippen LogP contribution in [0.15, 0.2) is 0 Å². The lowest BCUT2D eigenvalue weighted by Crippen LogP contribution is -2.65. The molecule has 19 nitrogen and oxygen atoms in total. The van der Waals surface area contributed by atoms with Crippen molar-refractivity contribution in [1.29, 1.82) is 0 Å². The molecule has 0 aromatic carbocycles. The molecule has 0 aromatic rings. The van der Waals surface area contributed by atoms with Crippen LogP contribution < -0.4 is 0 Å². The van der Waals surface area contributed by atoms with Crippen molar-refractivity contribution < 1.29 is 90.6 Å². The molecule has 0 amide bonds. The van der Waals surface area contributed by atoms with Crippen LogP contribution in [0.25, 0.3) is 0 Å². The first kappa shape index (κ1) is 44.2. The van der Waals surface area contributed by atoms with Crippen LogP contribution in [0, 0.1) is 0 Å². The Labute approximate surface area is 272 Å². The van der Waals surface area contributed by atoms with Gasteiger partial charge in [-0.2, -0.15) is 0 Å². The van der Waals surface area contributed by atoms with E-state index in [1.54, 1.807) is 0 Å². The van der Waals surface area contributed by atoms with Crippen LogP contribution in [0.4, 0.5) is 0 Å². The predicted molar refractivity (Wildman–Crippen MR) is 160 cm³/mol. The number of hydrogen-bond acceptors (Lipinski definition) is 14. The van der Waals surface area contributed by atoms with Gasteiger partial charge in [0.15, 0.2) is 6.10 Å². The lowest BCUT2D eigenvalue weighted by atomic mass is 9.85. The van der Waals surface area contributed by atoms with Gasteiger partial charge in [0.25, 0.3) is 0 Å². The van der Waals surface area contributed by atoms with Crippen molar-refractivity contribution in [3.63, 3.8) is 0 Å². The third-order valence-corrected chi connectivity index (χ3v) is 8.94. The number of hydrogen-bond donors (Lipinski definition) is 8. The summed E-state index contributed by atoms with van der Waals surface area (Å²) in [5, 5.41) is 31.4. The zero-order chi connectivity index (χ0) is 35.8. The number of ether oxygens (including phenoxy) is 2. The number of aliphatic hydroxyl groups excluding tert-OH is 3. The van der Waals surface area contributed by atoms with Gasteiger partial charge in [-0.05, 0) is 12.8 Å². The van der Waals surface area contributed by atoms with E-state index in [1.807, 2.05) is 13.8 Å². The van der Waals surface area contributed by atoms with Crippen molar-refractivity contribution in [2.75, 3.05) is 13.2 Å². The molecule has 0 radical (unpaired) electrons. The number of aliphatic hydroxyl groups is 3. The predicted octanol–water partition coefficient (Wildman–Crippen LogP) is 1.72. The molecule has 0 saturated heterocycles. The fourth-order valence-corrected chi connectivity index (χ4v) is 6.68. The molecule has 0 aliphatic heterocycles. The van der Waals surface area contributed by atoms with Crippen molar-refractivity contribution >= 4 is 35.4 Å². The minimum absolute atomic E-state index is 0.00394. The van der Waals surface area contributed by atoms with E-state index in [1.165, 1.54) is 0 Å². The third kappa shape index (κ3) is 18.6. The summed E-state index contributed by atoms with van der Waals surface area (Å²) in [5.74, 6) is -1.33. The minimum Gasteiger partial charge on any atom is -0.462 e. The number of esters is 2. The molecule has 22 heteroatoms. The van der Waals surface area contributed by atoms with E-state index in [4.69, 9.17) is 28.3 Å². The highest BCUT2D eigenvalue weighted by atomic mass is 31.2. The van der Waals surface area contributed by atoms with Gasteiger partial charge in [-0.15, -0.1) is 0 Å². The second-order valence-corrected chi connectivity index (χ2v) is 14.8. The van der Waals surface area contributed by atoms with E-state index in [-0.39, 0.29) is 12.8 Å². The van der Waals surface area contributed by atoms with Crippen LogP contribution in [0.1, 0.15) is 90.9 Å². The summed E-state index contributed by atoms with van der Waals surface area (Å²) < 4.78 is 64.2. The van der Waals surface area contributed by atoms with Crippen LogP contribution >= 0.6 is 23.5 Å². The zero-order valence-corrected chi connectivity index (χ0v) is 29.0. The van der Waals surface area contributed by atoms with E-state index in [9.17, 15) is 53.3 Å². The van der Waals surface area contributed by atoms with Gasteiger partial charge >= 0.3 is 35.4 Å². The highest BCUT2D eigenvalue weighted by Crippen LogP contribution is 2.51. The van der Waals surface area contributed by atoms with E-state index in [0.717, 1.165) is 51.4 Å². The summed E-state index contributed by atoms with van der Waals surface area (Å²) in [6.07, 6.45) is -7.79. The van der Waals surface area contributed by atoms with Crippen LogP contribution in [0.2, 0.25) is 0 Å². The highest BCUT2D eigenvalue weighted by molar-refractivity contribution is 7.47. The Morgan fingerprint density at radius 2 is 1.04 bits per heavy atom. The maximum Gasteiger partial charge on any atom is 0.472 e. The van der Waals surface area contributed by atoms with Gasteiger partial charge in [0, 0.05) is 12.8 Å². The van der Waals surface area contributed by atoms with Gasteiger partial charge in [-0.3, -0.25) is 27.7 Å². The Morgan fingerprint density at radius 1 is 0.596 bits per heavy atom. The molecule has 8 N–H and O–H groups in total. The molecule has 1 aliphatic rings. The molecular weight excluding hydrogens is 697 g/mol. The molecule has 0 bridgehead atoms. The summed E-state index contributed by atoms with van der Waals surface area (Å²) in [5.41, 5.74) is 0. The normalized spacial score (nSPS) is 25.6. The number of phosphoric acid groups is 3. The maximum atomic E-state index is 12.8. The van der Waals surface area contributed by atoms with Gasteiger partial charge in [0.2, 0.25) is 0 Å². The van der Waals surface area contributed by atoms with Gasteiger partial charge < -0.3 is 49.3 Å². The summed E-state index contributed by atoms with van der Waals surface area (Å²) in [6.45, 7) is 2.59. The molecule has 0 aromatic heterocycles. The smallest absolute Gasteiger partial charge is 0.462 e. The Morgan fingerprint density at radius 3 is 1.53 bits per heavy atom. The fraction of sp³-hybridized carbons (Fsp3) is 0.920. The molecule has 1 fully saturated rings. The van der Waals surface area contributed by atoms with Crippen molar-refractivity contribution in [2.24, 2.45) is 0 Å². The molecule has 5 unspecified atom stereocenters. The summed E-state index contributed by atoms with van der Waals surface area (Å²) in [7, 11) is -16.5. The van der Waals surface area contributed by atoms with Crippen LogP contribution in [0.3, 0.4) is 0 Å². The molecule has 1 rings (SSSR count). The second kappa shape index (κ2) is 21.4. The number of rotatable bonds is 24. The Hall–Kier alpha value is -0.850. The molecular formula is C25H49O19P3. The number of unbranched alkanes of at least 4 members (excludes halogenated alkanes) is 8. The van der Waals surface area contributed by atoms with Crippen molar-refractivity contribution in [3.05, 3.63) is 0 Å². The minimum atomic E-state index is -5.57. The average molecular weight is 747 g/mol. The topological polar surface area (TPSA) is 303 Å². The van der Waals surface area contributed by atoms with Gasteiger partial charge in [-0.1, -0.05) is 65.2 Å². The van der Waals surface area contributed by atoms with E-state index >= 15 is 0 Å². The number of phosphoric ester groups is 3. The number of carbonyl (C=O) groups is 2. The second-order valence-electron chi connectivity index (χ2n) is 11.1. The van der Waals surface area contributed by atoms with E-state index in [0.29, 0.717) is 12.8 Å².